The Hall–Kier alpha value is -1.86. The maximum absolute atomic E-state index is 12.5. The average Bonchev–Trinajstić information content (AvgIpc) is 3.12. The molecule has 0 radical (unpaired) electrons. The number of phosphoric ester groups is 1. The maximum Gasteiger partial charge on any atom is 0.280 e. The van der Waals surface area contributed by atoms with Crippen molar-refractivity contribution in [1.29, 1.82) is 0 Å². The highest BCUT2D eigenvalue weighted by Crippen LogP contribution is 2.48. The minimum Gasteiger partial charge on any atom is -0.756 e. The van der Waals surface area contributed by atoms with Crippen molar-refractivity contribution in [3.8, 4) is 0 Å². The topological polar surface area (TPSA) is 187 Å². The number of aliphatic hydroxyl groups is 1. The zero-order valence-corrected chi connectivity index (χ0v) is 19.7. The van der Waals surface area contributed by atoms with Gasteiger partial charge in [-0.05, 0) is 41.5 Å². The lowest BCUT2D eigenvalue weighted by atomic mass is 10.1. The van der Waals surface area contributed by atoms with Crippen LogP contribution < -0.4 is 16.2 Å². The molecule has 5 atom stereocenters. The Balaban J connectivity index is 1.95. The molecule has 2 aromatic heterocycles. The van der Waals surface area contributed by atoms with E-state index in [1.54, 1.807) is 20.8 Å². The summed E-state index contributed by atoms with van der Waals surface area (Å²) < 4.78 is 35.7. The predicted molar refractivity (Wildman–Crippen MR) is 112 cm³/mol. The van der Waals surface area contributed by atoms with Crippen molar-refractivity contribution >= 4 is 24.9 Å². The third-order valence-corrected chi connectivity index (χ3v) is 5.62. The number of phosphoric acid groups is 1. The number of aliphatic hydroxyl groups excluding tert-OH is 1. The number of rotatable bonds is 6. The molecule has 0 amide bonds. The second-order valence-corrected chi connectivity index (χ2v) is 10.8. The number of nitrogens with two attached hydrogens (primary N) is 1. The summed E-state index contributed by atoms with van der Waals surface area (Å²) in [6, 6.07) is 0. The molecule has 0 spiro atoms. The molecule has 1 fully saturated rings. The molecule has 13 nitrogen and oxygen atoms in total. The van der Waals surface area contributed by atoms with Crippen molar-refractivity contribution in [2.45, 2.75) is 77.3 Å². The van der Waals surface area contributed by atoms with Crippen molar-refractivity contribution in [3.63, 3.8) is 0 Å². The van der Waals surface area contributed by atoms with Crippen LogP contribution in [0.4, 0.5) is 5.95 Å². The lowest BCUT2D eigenvalue weighted by Gasteiger charge is -2.34. The molecule has 1 aliphatic heterocycles. The van der Waals surface area contributed by atoms with E-state index in [0.29, 0.717) is 0 Å². The first-order chi connectivity index (χ1) is 14.6. The van der Waals surface area contributed by atoms with Crippen LogP contribution in [0, 0.1) is 0 Å². The highest BCUT2D eigenvalue weighted by molar-refractivity contribution is 7.45. The monoisotopic (exact) mass is 474 g/mol. The minimum absolute atomic E-state index is 0.0209. The van der Waals surface area contributed by atoms with Gasteiger partial charge < -0.3 is 34.3 Å². The summed E-state index contributed by atoms with van der Waals surface area (Å²) in [5.74, 6) is -0.153. The molecule has 3 rings (SSSR count). The lowest BCUT2D eigenvalue weighted by molar-refractivity contribution is -0.242. The van der Waals surface area contributed by atoms with Crippen LogP contribution >= 0.6 is 7.82 Å². The zero-order chi connectivity index (χ0) is 24.1. The first-order valence-electron chi connectivity index (χ1n) is 9.96. The molecular weight excluding hydrogens is 445 g/mol. The summed E-state index contributed by atoms with van der Waals surface area (Å²) in [6.45, 7) is 10.0. The number of H-pyrrole nitrogens is 1. The molecule has 0 aromatic carbocycles. The number of aromatic nitrogens is 4. The molecule has 0 aliphatic carbocycles. The molecule has 4 N–H and O–H groups in total. The highest BCUT2D eigenvalue weighted by Gasteiger charge is 2.48. The number of fused-ring (bicyclic) bond motifs is 1. The van der Waals surface area contributed by atoms with Crippen LogP contribution in [0.5, 0.6) is 0 Å². The molecule has 180 valence electrons. The van der Waals surface area contributed by atoms with Gasteiger partial charge in [0, 0.05) is 0 Å². The van der Waals surface area contributed by atoms with Gasteiger partial charge in [0.25, 0.3) is 13.4 Å². The Bertz CT molecular complexity index is 1070. The highest BCUT2D eigenvalue weighted by atomic mass is 31.2. The van der Waals surface area contributed by atoms with Crippen LogP contribution in [-0.2, 0) is 23.1 Å². The van der Waals surface area contributed by atoms with E-state index < -0.39 is 49.1 Å². The molecule has 1 aliphatic rings. The number of hydrogen-bond donors (Lipinski definition) is 3. The fourth-order valence-electron chi connectivity index (χ4n) is 3.18. The predicted octanol–water partition coefficient (Wildman–Crippen LogP) is 0.444. The number of aromatic amines is 1. The van der Waals surface area contributed by atoms with E-state index in [2.05, 4.69) is 15.0 Å². The van der Waals surface area contributed by atoms with Gasteiger partial charge in [-0.2, -0.15) is 4.98 Å². The Morgan fingerprint density at radius 1 is 1.31 bits per heavy atom. The van der Waals surface area contributed by atoms with E-state index >= 15 is 0 Å². The van der Waals surface area contributed by atoms with Gasteiger partial charge in [-0.1, -0.05) is 0 Å². The van der Waals surface area contributed by atoms with Gasteiger partial charge in [0.2, 0.25) is 5.95 Å². The van der Waals surface area contributed by atoms with Gasteiger partial charge in [0.15, 0.2) is 17.4 Å². The fraction of sp³-hybridized carbons (Fsp3) is 0.722. The molecule has 1 saturated heterocycles. The van der Waals surface area contributed by atoms with E-state index in [0.717, 1.165) is 0 Å². The SMILES string of the molecule is CC(C)(C)OC[C@H]1O[C@@H](n2cnc3c(=O)[nH]c(N)nc32)[C@@H](O)C1OP(=O)([O-])OC(C)(C)C. The van der Waals surface area contributed by atoms with E-state index in [-0.39, 0.29) is 23.7 Å². The number of hydrogen-bond acceptors (Lipinski definition) is 11. The third kappa shape index (κ3) is 5.73. The number of nitrogen functional groups attached to an aromatic ring is 1. The first-order valence-corrected chi connectivity index (χ1v) is 11.4. The number of nitrogens with one attached hydrogen (secondary N) is 1. The maximum atomic E-state index is 12.5. The largest absolute Gasteiger partial charge is 0.756 e. The van der Waals surface area contributed by atoms with Gasteiger partial charge >= 0.3 is 0 Å². The smallest absolute Gasteiger partial charge is 0.280 e. The van der Waals surface area contributed by atoms with Crippen molar-refractivity contribution in [2.24, 2.45) is 0 Å². The summed E-state index contributed by atoms with van der Waals surface area (Å²) in [6.07, 6.45) is -3.77. The Morgan fingerprint density at radius 2 is 1.97 bits per heavy atom. The summed E-state index contributed by atoms with van der Waals surface area (Å²) in [4.78, 5) is 34.9. The van der Waals surface area contributed by atoms with Crippen LogP contribution in [0.3, 0.4) is 0 Å². The van der Waals surface area contributed by atoms with Gasteiger partial charge in [-0.15, -0.1) is 0 Å². The number of nitrogens with zero attached hydrogens (tertiary/aromatic N) is 3. The van der Waals surface area contributed by atoms with Crippen LogP contribution in [0.15, 0.2) is 11.1 Å². The molecule has 0 saturated carbocycles. The number of anilines is 1. The normalized spacial score (nSPS) is 26.5. The van der Waals surface area contributed by atoms with Crippen molar-refractivity contribution in [2.75, 3.05) is 12.3 Å². The number of ether oxygens (including phenoxy) is 2. The van der Waals surface area contributed by atoms with Crippen LogP contribution in [-0.4, -0.2) is 60.7 Å². The average molecular weight is 474 g/mol. The summed E-state index contributed by atoms with van der Waals surface area (Å²) in [5, 5.41) is 11.0. The van der Waals surface area contributed by atoms with Gasteiger partial charge in [-0.3, -0.25) is 18.9 Å². The van der Waals surface area contributed by atoms with Gasteiger partial charge in [0.1, 0.15) is 18.3 Å². The van der Waals surface area contributed by atoms with Crippen molar-refractivity contribution in [1.82, 2.24) is 19.5 Å². The van der Waals surface area contributed by atoms with E-state index in [1.807, 2.05) is 20.8 Å². The quantitative estimate of drug-likeness (QED) is 0.493. The molecule has 32 heavy (non-hydrogen) atoms. The second-order valence-electron chi connectivity index (χ2n) is 9.48. The standard InChI is InChI=1S/C18H30N5O8P/c1-17(2,3)28-7-9-12(30-32(26,27)31-18(4,5)6)11(24)15(29-9)23-8-20-10-13(23)21-16(19)22-14(10)25/h8-9,11-12,15,24H,7H2,1-6H3,(H,26,27)(H3,19,21,22,25)/p-1/t9-,11+,12?,15-/m1/s1. The van der Waals surface area contributed by atoms with Crippen LogP contribution in [0.1, 0.15) is 47.8 Å². The second kappa shape index (κ2) is 8.49. The van der Waals surface area contributed by atoms with Gasteiger partial charge in [0.05, 0.1) is 24.1 Å². The molecule has 2 unspecified atom stereocenters. The summed E-state index contributed by atoms with van der Waals surface area (Å²) >= 11 is 0. The first kappa shape index (κ1) is 24.8. The van der Waals surface area contributed by atoms with Crippen LogP contribution in [0.25, 0.3) is 11.2 Å². The zero-order valence-electron chi connectivity index (χ0n) is 18.8. The van der Waals surface area contributed by atoms with E-state index in [4.69, 9.17) is 24.3 Å². The molecule has 3 heterocycles. The van der Waals surface area contributed by atoms with Crippen molar-refractivity contribution < 1.29 is 33.1 Å². The minimum atomic E-state index is -4.83. The number of imidazole rings is 1. The Kier molecular flexibility index (Phi) is 6.57. The van der Waals surface area contributed by atoms with E-state index in [1.165, 1.54) is 10.9 Å². The summed E-state index contributed by atoms with van der Waals surface area (Å²) in [7, 11) is -4.83. The van der Waals surface area contributed by atoms with Crippen molar-refractivity contribution in [3.05, 3.63) is 16.7 Å². The molecular formula is C18H29N5O8P-. The van der Waals surface area contributed by atoms with Crippen LogP contribution in [0.2, 0.25) is 0 Å². The molecule has 14 heteroatoms. The van der Waals surface area contributed by atoms with Gasteiger partial charge in [-0.25, -0.2) is 4.98 Å². The molecule has 0 bridgehead atoms. The Morgan fingerprint density at radius 3 is 2.56 bits per heavy atom. The summed E-state index contributed by atoms with van der Waals surface area (Å²) in [5.41, 5.74) is 3.49. The third-order valence-electron chi connectivity index (χ3n) is 4.35. The Labute approximate surface area is 184 Å². The lowest BCUT2D eigenvalue weighted by Crippen LogP contribution is -2.39. The molecule has 2 aromatic rings. The fourth-order valence-corrected chi connectivity index (χ4v) is 4.45. The van der Waals surface area contributed by atoms with E-state index in [9.17, 15) is 19.4 Å².